The molecule has 0 aliphatic carbocycles. The van der Waals surface area contributed by atoms with Crippen molar-refractivity contribution in [1.82, 2.24) is 4.90 Å². The lowest BCUT2D eigenvalue weighted by Gasteiger charge is -2.07. The molecule has 1 amide bonds. The van der Waals surface area contributed by atoms with Crippen LogP contribution in [0.1, 0.15) is 6.42 Å². The molecule has 0 aromatic carbocycles. The van der Waals surface area contributed by atoms with Gasteiger partial charge in [-0.15, -0.1) is 11.6 Å². The molecule has 0 aromatic heterocycles. The van der Waals surface area contributed by atoms with Crippen LogP contribution in [-0.2, 0) is 0 Å². The molecule has 0 rings (SSSR count). The fourth-order valence-corrected chi connectivity index (χ4v) is 1.36. The number of hydrogen-bond acceptors (Lipinski definition) is 2. The summed E-state index contributed by atoms with van der Waals surface area (Å²) in [4.78, 5) is 12.4. The largest absolute Gasteiger partial charge is 0.340 e. The van der Waals surface area contributed by atoms with Gasteiger partial charge in [0.15, 0.2) is 0 Å². The van der Waals surface area contributed by atoms with Crippen molar-refractivity contribution in [3.05, 3.63) is 0 Å². The molecule has 0 N–H and O–H groups in total. The molecule has 60 valence electrons. The van der Waals surface area contributed by atoms with Crippen molar-refractivity contribution in [2.45, 2.75) is 6.42 Å². The Labute approximate surface area is 70.9 Å². The van der Waals surface area contributed by atoms with Crippen molar-refractivity contribution < 1.29 is 4.79 Å². The second-order valence-corrected chi connectivity index (χ2v) is 3.48. The van der Waals surface area contributed by atoms with Gasteiger partial charge in [-0.2, -0.15) is 0 Å². The van der Waals surface area contributed by atoms with Crippen molar-refractivity contribution in [2.24, 2.45) is 0 Å². The molecule has 2 nitrogen and oxygen atoms in total. The van der Waals surface area contributed by atoms with Crippen molar-refractivity contribution in [1.29, 1.82) is 0 Å². The van der Waals surface area contributed by atoms with E-state index in [0.717, 1.165) is 12.2 Å². The minimum Gasteiger partial charge on any atom is -0.340 e. The zero-order valence-corrected chi connectivity index (χ0v) is 7.84. The third-order valence-corrected chi connectivity index (χ3v) is 2.24. The van der Waals surface area contributed by atoms with E-state index in [1.807, 2.05) is 0 Å². The number of carbonyl (C=O) groups is 1. The van der Waals surface area contributed by atoms with Crippen LogP contribution in [-0.4, -0.2) is 35.9 Å². The lowest BCUT2D eigenvalue weighted by atomic mass is 10.6. The molecule has 0 bridgehead atoms. The highest BCUT2D eigenvalue weighted by Crippen LogP contribution is 2.07. The molecule has 0 saturated heterocycles. The van der Waals surface area contributed by atoms with Gasteiger partial charge in [-0.25, -0.2) is 0 Å². The Balaban J connectivity index is 3.22. The average Bonchev–Trinajstić information content (AvgIpc) is 1.88. The first-order valence-corrected chi connectivity index (χ1v) is 4.60. The molecule has 0 spiro atoms. The fourth-order valence-electron chi connectivity index (χ4n) is 0.343. The normalized spacial score (nSPS) is 9.50. The third kappa shape index (κ3) is 4.94. The fraction of sp³-hybridized carbons (Fsp3) is 0.833. The number of carbonyl (C=O) groups excluding carboxylic acids is 1. The number of alkyl halides is 1. The van der Waals surface area contributed by atoms with Crippen LogP contribution in [0.2, 0.25) is 0 Å². The Morgan fingerprint density at radius 2 is 2.20 bits per heavy atom. The highest BCUT2D eigenvalue weighted by atomic mass is 35.5. The Morgan fingerprint density at radius 1 is 1.60 bits per heavy atom. The second kappa shape index (κ2) is 5.86. The van der Waals surface area contributed by atoms with Gasteiger partial charge in [-0.1, -0.05) is 11.8 Å². The number of rotatable bonds is 3. The van der Waals surface area contributed by atoms with Crippen LogP contribution in [0.15, 0.2) is 0 Å². The molecule has 10 heavy (non-hydrogen) atoms. The summed E-state index contributed by atoms with van der Waals surface area (Å²) in [7, 11) is 3.49. The van der Waals surface area contributed by atoms with Crippen LogP contribution in [0.5, 0.6) is 0 Å². The summed E-state index contributed by atoms with van der Waals surface area (Å²) in [6.45, 7) is 0. The van der Waals surface area contributed by atoms with E-state index in [2.05, 4.69) is 0 Å². The van der Waals surface area contributed by atoms with Crippen LogP contribution in [0.4, 0.5) is 4.79 Å². The lowest BCUT2D eigenvalue weighted by molar-refractivity contribution is 0.241. The topological polar surface area (TPSA) is 20.3 Å². The SMILES string of the molecule is CN(C)C(=O)SCCCCl. The molecule has 4 heteroatoms. The first-order valence-electron chi connectivity index (χ1n) is 3.08. The molecular weight excluding hydrogens is 170 g/mol. The molecule has 0 saturated carbocycles. The lowest BCUT2D eigenvalue weighted by Crippen LogP contribution is -2.16. The standard InChI is InChI=1S/C6H12ClNOS/c1-8(2)6(9)10-5-3-4-7/h3-5H2,1-2H3. The van der Waals surface area contributed by atoms with Gasteiger partial charge in [0.25, 0.3) is 5.24 Å². The summed E-state index contributed by atoms with van der Waals surface area (Å²) in [5.41, 5.74) is 0. The van der Waals surface area contributed by atoms with Gasteiger partial charge in [-0.3, -0.25) is 4.79 Å². The monoisotopic (exact) mass is 181 g/mol. The van der Waals surface area contributed by atoms with E-state index in [9.17, 15) is 4.79 Å². The minimum atomic E-state index is 0.102. The van der Waals surface area contributed by atoms with E-state index in [1.54, 1.807) is 19.0 Å². The maximum atomic E-state index is 10.9. The predicted molar refractivity (Wildman–Crippen MR) is 46.9 cm³/mol. The molecule has 0 fully saturated rings. The Kier molecular flexibility index (Phi) is 5.93. The molecule has 0 radical (unpaired) electrons. The Morgan fingerprint density at radius 3 is 2.60 bits per heavy atom. The number of nitrogens with zero attached hydrogens (tertiary/aromatic N) is 1. The van der Waals surface area contributed by atoms with E-state index < -0.39 is 0 Å². The summed E-state index contributed by atoms with van der Waals surface area (Å²) in [6, 6.07) is 0. The summed E-state index contributed by atoms with van der Waals surface area (Å²) < 4.78 is 0. The molecule has 0 heterocycles. The number of halogens is 1. The molecule has 0 atom stereocenters. The second-order valence-electron chi connectivity index (χ2n) is 2.05. The van der Waals surface area contributed by atoms with E-state index in [0.29, 0.717) is 5.88 Å². The number of amides is 1. The zero-order valence-electron chi connectivity index (χ0n) is 6.26. The van der Waals surface area contributed by atoms with Gasteiger partial charge in [0.05, 0.1) is 0 Å². The van der Waals surface area contributed by atoms with Crippen molar-refractivity contribution >= 4 is 28.6 Å². The first-order chi connectivity index (χ1) is 4.68. The van der Waals surface area contributed by atoms with Gasteiger partial charge in [0.2, 0.25) is 0 Å². The molecule has 0 aliphatic heterocycles. The third-order valence-electron chi connectivity index (χ3n) is 0.869. The molecule has 0 aromatic rings. The van der Waals surface area contributed by atoms with E-state index in [-0.39, 0.29) is 5.24 Å². The highest BCUT2D eigenvalue weighted by molar-refractivity contribution is 8.13. The number of hydrogen-bond donors (Lipinski definition) is 0. The molecule has 0 unspecified atom stereocenters. The summed E-state index contributed by atoms with van der Waals surface area (Å²) >= 11 is 6.74. The first kappa shape index (κ1) is 10.1. The Bertz CT molecular complexity index is 108. The van der Waals surface area contributed by atoms with Crippen LogP contribution < -0.4 is 0 Å². The maximum absolute atomic E-state index is 10.9. The van der Waals surface area contributed by atoms with E-state index in [4.69, 9.17) is 11.6 Å². The smallest absolute Gasteiger partial charge is 0.281 e. The van der Waals surface area contributed by atoms with Crippen LogP contribution in [0.25, 0.3) is 0 Å². The van der Waals surface area contributed by atoms with Crippen LogP contribution >= 0.6 is 23.4 Å². The quantitative estimate of drug-likeness (QED) is 0.491. The van der Waals surface area contributed by atoms with Crippen LogP contribution in [0, 0.1) is 0 Å². The molecular formula is C6H12ClNOS. The summed E-state index contributed by atoms with van der Waals surface area (Å²) in [5.74, 6) is 1.45. The van der Waals surface area contributed by atoms with Gasteiger partial charge in [-0.05, 0) is 6.42 Å². The minimum absolute atomic E-state index is 0.102. The average molecular weight is 182 g/mol. The maximum Gasteiger partial charge on any atom is 0.281 e. The van der Waals surface area contributed by atoms with Gasteiger partial charge in [0, 0.05) is 25.7 Å². The van der Waals surface area contributed by atoms with E-state index >= 15 is 0 Å². The van der Waals surface area contributed by atoms with Gasteiger partial charge >= 0.3 is 0 Å². The van der Waals surface area contributed by atoms with E-state index in [1.165, 1.54) is 11.8 Å². The van der Waals surface area contributed by atoms with Crippen molar-refractivity contribution in [3.63, 3.8) is 0 Å². The highest BCUT2D eigenvalue weighted by Gasteiger charge is 2.02. The zero-order chi connectivity index (χ0) is 7.98. The number of thioether (sulfide) groups is 1. The van der Waals surface area contributed by atoms with Crippen molar-refractivity contribution in [3.8, 4) is 0 Å². The summed E-state index contributed by atoms with van der Waals surface area (Å²) in [6.07, 6.45) is 0.895. The van der Waals surface area contributed by atoms with Gasteiger partial charge in [0.1, 0.15) is 0 Å². The summed E-state index contributed by atoms with van der Waals surface area (Å²) in [5, 5.41) is 0.102. The van der Waals surface area contributed by atoms with Crippen molar-refractivity contribution in [2.75, 3.05) is 25.7 Å². The molecule has 0 aliphatic rings. The Hall–Kier alpha value is 0.110. The predicted octanol–water partition coefficient (Wildman–Crippen LogP) is 2.03. The van der Waals surface area contributed by atoms with Crippen LogP contribution in [0.3, 0.4) is 0 Å². The van der Waals surface area contributed by atoms with Gasteiger partial charge < -0.3 is 4.90 Å².